The SMILES string of the molecule is COc1cc(Br)c(C2(CC(=O)O)CC2)cc1O. The fourth-order valence-corrected chi connectivity index (χ4v) is 2.84. The standard InChI is InChI=1S/C12H13BrO4/c1-17-10-5-8(13)7(4-9(10)14)12(2-3-12)6-11(15)16/h4-5,14H,2-3,6H2,1H3,(H,15,16). The lowest BCUT2D eigenvalue weighted by molar-refractivity contribution is -0.137. The molecule has 0 unspecified atom stereocenters. The molecule has 2 N–H and O–H groups in total. The average molecular weight is 301 g/mol. The Labute approximate surface area is 107 Å². The van der Waals surface area contributed by atoms with Crippen molar-refractivity contribution in [2.75, 3.05) is 7.11 Å². The van der Waals surface area contributed by atoms with Crippen molar-refractivity contribution in [3.63, 3.8) is 0 Å². The molecular weight excluding hydrogens is 288 g/mol. The summed E-state index contributed by atoms with van der Waals surface area (Å²) < 4.78 is 5.78. The van der Waals surface area contributed by atoms with Gasteiger partial charge in [-0.05, 0) is 30.5 Å². The van der Waals surface area contributed by atoms with E-state index in [2.05, 4.69) is 15.9 Å². The van der Waals surface area contributed by atoms with Crippen LogP contribution >= 0.6 is 15.9 Å². The minimum atomic E-state index is -0.815. The van der Waals surface area contributed by atoms with Gasteiger partial charge in [-0.2, -0.15) is 0 Å². The third kappa shape index (κ3) is 2.24. The molecule has 0 aliphatic heterocycles. The average Bonchev–Trinajstić information content (AvgIpc) is 3.00. The van der Waals surface area contributed by atoms with Gasteiger partial charge < -0.3 is 14.9 Å². The highest BCUT2D eigenvalue weighted by Gasteiger charge is 2.47. The van der Waals surface area contributed by atoms with Crippen molar-refractivity contribution in [1.29, 1.82) is 0 Å². The minimum Gasteiger partial charge on any atom is -0.504 e. The van der Waals surface area contributed by atoms with Crippen LogP contribution in [0.3, 0.4) is 0 Å². The van der Waals surface area contributed by atoms with Gasteiger partial charge in [0.1, 0.15) is 0 Å². The summed E-state index contributed by atoms with van der Waals surface area (Å²) in [4.78, 5) is 10.8. The summed E-state index contributed by atoms with van der Waals surface area (Å²) in [6.07, 6.45) is 1.77. The summed E-state index contributed by atoms with van der Waals surface area (Å²) in [6.45, 7) is 0. The molecule has 1 fully saturated rings. The molecule has 1 aliphatic carbocycles. The molecule has 0 aromatic heterocycles. The lowest BCUT2D eigenvalue weighted by atomic mass is 9.92. The van der Waals surface area contributed by atoms with Gasteiger partial charge >= 0.3 is 5.97 Å². The van der Waals surface area contributed by atoms with E-state index in [0.717, 1.165) is 22.9 Å². The van der Waals surface area contributed by atoms with E-state index < -0.39 is 5.97 Å². The normalized spacial score (nSPS) is 16.6. The number of phenols is 1. The maximum Gasteiger partial charge on any atom is 0.304 e. The molecule has 0 saturated heterocycles. The predicted octanol–water partition coefficient (Wildman–Crippen LogP) is 2.67. The largest absolute Gasteiger partial charge is 0.504 e. The first-order valence-corrected chi connectivity index (χ1v) is 6.06. The Balaban J connectivity index is 2.39. The monoisotopic (exact) mass is 300 g/mol. The van der Waals surface area contributed by atoms with Crippen molar-refractivity contribution < 1.29 is 19.7 Å². The molecule has 1 aliphatic rings. The van der Waals surface area contributed by atoms with Crippen molar-refractivity contribution in [2.45, 2.75) is 24.7 Å². The smallest absolute Gasteiger partial charge is 0.304 e. The van der Waals surface area contributed by atoms with Gasteiger partial charge in [0.15, 0.2) is 11.5 Å². The van der Waals surface area contributed by atoms with Crippen LogP contribution in [0.5, 0.6) is 11.5 Å². The van der Waals surface area contributed by atoms with E-state index in [9.17, 15) is 9.90 Å². The molecule has 0 bridgehead atoms. The number of methoxy groups -OCH3 is 1. The van der Waals surface area contributed by atoms with E-state index in [1.165, 1.54) is 7.11 Å². The molecule has 0 amide bonds. The number of aliphatic carboxylic acids is 1. The van der Waals surface area contributed by atoms with Gasteiger partial charge in [-0.1, -0.05) is 15.9 Å². The molecule has 0 spiro atoms. The Morgan fingerprint density at radius 1 is 1.53 bits per heavy atom. The predicted molar refractivity (Wildman–Crippen MR) is 65.5 cm³/mol. The number of hydrogen-bond donors (Lipinski definition) is 2. The highest BCUT2D eigenvalue weighted by molar-refractivity contribution is 9.10. The summed E-state index contributed by atoms with van der Waals surface area (Å²) >= 11 is 3.40. The second kappa shape index (κ2) is 4.22. The summed E-state index contributed by atoms with van der Waals surface area (Å²) in [5, 5.41) is 18.7. The minimum absolute atomic E-state index is 0.0439. The van der Waals surface area contributed by atoms with Gasteiger partial charge in [0.2, 0.25) is 0 Å². The number of halogens is 1. The van der Waals surface area contributed by atoms with Gasteiger partial charge in [-0.15, -0.1) is 0 Å². The third-order valence-electron chi connectivity index (χ3n) is 3.18. The number of carboxylic acid groups (broad SMARTS) is 1. The van der Waals surface area contributed by atoms with Gasteiger partial charge in [0, 0.05) is 9.89 Å². The number of phenolic OH excluding ortho intramolecular Hbond substituents is 1. The van der Waals surface area contributed by atoms with Crippen molar-refractivity contribution in [3.05, 3.63) is 22.2 Å². The molecule has 5 heteroatoms. The van der Waals surface area contributed by atoms with E-state index in [4.69, 9.17) is 9.84 Å². The van der Waals surface area contributed by atoms with E-state index in [0.29, 0.717) is 5.75 Å². The van der Waals surface area contributed by atoms with E-state index in [1.54, 1.807) is 12.1 Å². The van der Waals surface area contributed by atoms with Crippen LogP contribution in [0.25, 0.3) is 0 Å². The van der Waals surface area contributed by atoms with Crippen LogP contribution in [-0.4, -0.2) is 23.3 Å². The molecule has 2 rings (SSSR count). The molecule has 0 heterocycles. The lowest BCUT2D eigenvalue weighted by Crippen LogP contribution is -2.13. The number of rotatable bonds is 4. The quantitative estimate of drug-likeness (QED) is 0.897. The molecule has 4 nitrogen and oxygen atoms in total. The van der Waals surface area contributed by atoms with Crippen molar-refractivity contribution >= 4 is 21.9 Å². The highest BCUT2D eigenvalue weighted by atomic mass is 79.9. The molecule has 17 heavy (non-hydrogen) atoms. The Bertz CT molecular complexity index is 466. The summed E-state index contributed by atoms with van der Waals surface area (Å²) in [6, 6.07) is 3.27. The first kappa shape index (κ1) is 12.2. The third-order valence-corrected chi connectivity index (χ3v) is 3.84. The molecule has 92 valence electrons. The molecule has 0 radical (unpaired) electrons. The second-order valence-corrected chi connectivity index (χ2v) is 5.21. The number of benzene rings is 1. The molecule has 1 saturated carbocycles. The zero-order valence-corrected chi connectivity index (χ0v) is 11.0. The van der Waals surface area contributed by atoms with Crippen LogP contribution in [0.4, 0.5) is 0 Å². The Morgan fingerprint density at radius 2 is 2.18 bits per heavy atom. The van der Waals surface area contributed by atoms with Gasteiger partial charge in [0.25, 0.3) is 0 Å². The summed E-state index contributed by atoms with van der Waals surface area (Å²) in [5.74, 6) is -0.390. The van der Waals surface area contributed by atoms with E-state index in [1.807, 2.05) is 0 Å². The fraction of sp³-hybridized carbons (Fsp3) is 0.417. The Morgan fingerprint density at radius 3 is 2.65 bits per heavy atom. The number of carbonyl (C=O) groups is 1. The van der Waals surface area contributed by atoms with E-state index >= 15 is 0 Å². The van der Waals surface area contributed by atoms with Gasteiger partial charge in [-0.3, -0.25) is 4.79 Å². The van der Waals surface area contributed by atoms with Crippen LogP contribution < -0.4 is 4.74 Å². The first-order chi connectivity index (χ1) is 7.98. The molecule has 0 atom stereocenters. The summed E-state index contributed by atoms with van der Waals surface area (Å²) in [5.41, 5.74) is 0.521. The van der Waals surface area contributed by atoms with Crippen molar-refractivity contribution in [1.82, 2.24) is 0 Å². The van der Waals surface area contributed by atoms with Crippen LogP contribution in [0.1, 0.15) is 24.8 Å². The number of hydrogen-bond acceptors (Lipinski definition) is 3. The number of aromatic hydroxyl groups is 1. The van der Waals surface area contributed by atoms with Crippen LogP contribution in [0.2, 0.25) is 0 Å². The zero-order valence-electron chi connectivity index (χ0n) is 9.36. The Hall–Kier alpha value is -1.23. The van der Waals surface area contributed by atoms with Gasteiger partial charge in [0.05, 0.1) is 13.5 Å². The first-order valence-electron chi connectivity index (χ1n) is 5.27. The van der Waals surface area contributed by atoms with Crippen LogP contribution in [-0.2, 0) is 10.2 Å². The van der Waals surface area contributed by atoms with Crippen LogP contribution in [0, 0.1) is 0 Å². The molecule has 1 aromatic rings. The van der Waals surface area contributed by atoms with Gasteiger partial charge in [-0.25, -0.2) is 0 Å². The van der Waals surface area contributed by atoms with E-state index in [-0.39, 0.29) is 17.6 Å². The Kier molecular flexibility index (Phi) is 3.03. The van der Waals surface area contributed by atoms with Crippen molar-refractivity contribution in [2.24, 2.45) is 0 Å². The zero-order chi connectivity index (χ0) is 12.6. The number of ether oxygens (including phenoxy) is 1. The molecule has 1 aromatic carbocycles. The van der Waals surface area contributed by atoms with Crippen LogP contribution in [0.15, 0.2) is 16.6 Å². The second-order valence-electron chi connectivity index (χ2n) is 4.35. The molecular formula is C12H13BrO4. The lowest BCUT2D eigenvalue weighted by Gasteiger charge is -2.16. The topological polar surface area (TPSA) is 66.8 Å². The number of carboxylic acids is 1. The maximum absolute atomic E-state index is 10.8. The maximum atomic E-state index is 10.8. The highest BCUT2D eigenvalue weighted by Crippen LogP contribution is 2.54. The van der Waals surface area contributed by atoms with Crippen molar-refractivity contribution in [3.8, 4) is 11.5 Å². The fourth-order valence-electron chi connectivity index (χ4n) is 2.10. The summed E-state index contributed by atoms with van der Waals surface area (Å²) in [7, 11) is 1.48.